The van der Waals surface area contributed by atoms with E-state index >= 15 is 0 Å². The van der Waals surface area contributed by atoms with Crippen LogP contribution in [0.2, 0.25) is 5.02 Å². The van der Waals surface area contributed by atoms with E-state index in [-0.39, 0.29) is 10.6 Å². The number of aryl methyl sites for hydroxylation is 1. The fraction of sp³-hybridized carbons (Fsp3) is 0.0909. The minimum absolute atomic E-state index is 0.0000926. The minimum atomic E-state index is -0.480. The molecular weight excluding hydrogens is 231 g/mol. The molecule has 0 fully saturated rings. The minimum Gasteiger partial charge on any atom is -0.310 e. The fourth-order valence-electron chi connectivity index (χ4n) is 1.58. The Morgan fingerprint density at radius 3 is 2.81 bits per heavy atom. The van der Waals surface area contributed by atoms with Gasteiger partial charge in [0, 0.05) is 12.4 Å². The fourth-order valence-corrected chi connectivity index (χ4v) is 1.85. The van der Waals surface area contributed by atoms with Crippen LogP contribution in [0.4, 0.5) is 4.39 Å². The molecule has 1 heterocycles. The van der Waals surface area contributed by atoms with Gasteiger partial charge in [0.15, 0.2) is 0 Å². The molecule has 0 unspecified atom stereocenters. The summed E-state index contributed by atoms with van der Waals surface area (Å²) in [5.74, 6) is -0.461. The number of nitriles is 1. The van der Waals surface area contributed by atoms with E-state index in [9.17, 15) is 9.18 Å². The number of nitrogens with zero attached hydrogens (tertiary/aromatic N) is 2. The lowest BCUT2D eigenvalue weighted by molar-refractivity contribution is 0.629. The molecule has 0 radical (unpaired) electrons. The van der Waals surface area contributed by atoms with Crippen molar-refractivity contribution in [3.05, 3.63) is 45.0 Å². The predicted octanol–water partition coefficient (Wildman–Crippen LogP) is 2.20. The van der Waals surface area contributed by atoms with Crippen molar-refractivity contribution in [1.82, 2.24) is 4.57 Å². The first-order valence-corrected chi connectivity index (χ1v) is 4.82. The molecule has 2 aromatic rings. The summed E-state index contributed by atoms with van der Waals surface area (Å²) in [6, 6.07) is 5.63. The highest BCUT2D eigenvalue weighted by atomic mass is 35.5. The van der Waals surface area contributed by atoms with Gasteiger partial charge in [-0.1, -0.05) is 11.6 Å². The number of rotatable bonds is 0. The van der Waals surface area contributed by atoms with Gasteiger partial charge < -0.3 is 4.57 Å². The maximum atomic E-state index is 13.1. The highest BCUT2D eigenvalue weighted by molar-refractivity contribution is 6.36. The monoisotopic (exact) mass is 236 g/mol. The first-order chi connectivity index (χ1) is 7.56. The van der Waals surface area contributed by atoms with E-state index in [1.54, 1.807) is 6.07 Å². The van der Waals surface area contributed by atoms with E-state index in [1.807, 2.05) is 0 Å². The summed E-state index contributed by atoms with van der Waals surface area (Å²) in [5.41, 5.74) is -0.149. The molecule has 1 aromatic heterocycles. The van der Waals surface area contributed by atoms with Gasteiger partial charge in [0.1, 0.15) is 17.4 Å². The number of halogens is 2. The number of pyridine rings is 1. The van der Waals surface area contributed by atoms with Crippen LogP contribution in [0, 0.1) is 17.1 Å². The third-order valence-corrected chi connectivity index (χ3v) is 2.80. The normalized spacial score (nSPS) is 10.4. The Hall–Kier alpha value is -1.86. The number of benzene rings is 1. The molecule has 0 bridgehead atoms. The Kier molecular flexibility index (Phi) is 2.41. The van der Waals surface area contributed by atoms with Crippen LogP contribution in [0.15, 0.2) is 23.0 Å². The van der Waals surface area contributed by atoms with E-state index in [4.69, 9.17) is 16.9 Å². The Morgan fingerprint density at radius 2 is 2.19 bits per heavy atom. The topological polar surface area (TPSA) is 45.8 Å². The van der Waals surface area contributed by atoms with Crippen molar-refractivity contribution in [2.24, 2.45) is 7.05 Å². The molecule has 80 valence electrons. The Labute approximate surface area is 95.3 Å². The number of fused-ring (bicyclic) bond motifs is 1. The largest absolute Gasteiger partial charge is 0.310 e. The summed E-state index contributed by atoms with van der Waals surface area (Å²) < 4.78 is 14.3. The lowest BCUT2D eigenvalue weighted by atomic mass is 10.1. The molecule has 16 heavy (non-hydrogen) atoms. The molecule has 0 saturated carbocycles. The van der Waals surface area contributed by atoms with Crippen LogP contribution in [0.1, 0.15) is 5.56 Å². The third kappa shape index (κ3) is 1.37. The molecule has 0 aliphatic heterocycles. The summed E-state index contributed by atoms with van der Waals surface area (Å²) in [7, 11) is 1.51. The molecule has 0 saturated heterocycles. The van der Waals surface area contributed by atoms with Crippen molar-refractivity contribution in [3.8, 4) is 6.07 Å². The molecule has 5 heteroatoms. The zero-order valence-corrected chi connectivity index (χ0v) is 9.05. The quantitative estimate of drug-likeness (QED) is 0.704. The SMILES string of the molecule is Cn1c(=O)c(C#N)c(Cl)c2cc(F)ccc21. The van der Waals surface area contributed by atoms with Crippen molar-refractivity contribution in [3.63, 3.8) is 0 Å². The van der Waals surface area contributed by atoms with Crippen LogP contribution in [-0.4, -0.2) is 4.57 Å². The Morgan fingerprint density at radius 1 is 1.50 bits per heavy atom. The maximum absolute atomic E-state index is 13.1. The summed E-state index contributed by atoms with van der Waals surface area (Å²) in [4.78, 5) is 11.7. The van der Waals surface area contributed by atoms with E-state index < -0.39 is 11.4 Å². The van der Waals surface area contributed by atoms with Crippen LogP contribution >= 0.6 is 11.6 Å². The Bertz CT molecular complexity index is 685. The van der Waals surface area contributed by atoms with Crippen molar-refractivity contribution in [2.45, 2.75) is 0 Å². The van der Waals surface area contributed by atoms with E-state index in [2.05, 4.69) is 0 Å². The average molecular weight is 237 g/mol. The van der Waals surface area contributed by atoms with Gasteiger partial charge in [0.2, 0.25) is 0 Å². The molecule has 0 aliphatic carbocycles. The van der Waals surface area contributed by atoms with Crippen LogP contribution < -0.4 is 5.56 Å². The van der Waals surface area contributed by atoms with Gasteiger partial charge in [-0.25, -0.2) is 4.39 Å². The molecule has 0 atom stereocenters. The average Bonchev–Trinajstić information content (AvgIpc) is 2.27. The Balaban J connectivity index is 3.10. The summed E-state index contributed by atoms with van der Waals surface area (Å²) >= 11 is 5.89. The van der Waals surface area contributed by atoms with Crippen LogP contribution in [0.5, 0.6) is 0 Å². The van der Waals surface area contributed by atoms with Crippen molar-refractivity contribution in [1.29, 1.82) is 5.26 Å². The number of hydrogen-bond acceptors (Lipinski definition) is 2. The molecule has 0 N–H and O–H groups in total. The van der Waals surface area contributed by atoms with Gasteiger partial charge in [-0.05, 0) is 18.2 Å². The number of hydrogen-bond donors (Lipinski definition) is 0. The second-order valence-corrected chi connectivity index (χ2v) is 3.70. The highest BCUT2D eigenvalue weighted by Crippen LogP contribution is 2.24. The van der Waals surface area contributed by atoms with E-state index in [0.717, 1.165) is 0 Å². The van der Waals surface area contributed by atoms with Crippen LogP contribution in [0.25, 0.3) is 10.9 Å². The zero-order chi connectivity index (χ0) is 11.9. The molecule has 0 spiro atoms. The van der Waals surface area contributed by atoms with Gasteiger partial charge in [-0.15, -0.1) is 0 Å². The molecule has 0 amide bonds. The van der Waals surface area contributed by atoms with Gasteiger partial charge in [0.25, 0.3) is 5.56 Å². The van der Waals surface area contributed by atoms with Gasteiger partial charge in [-0.3, -0.25) is 4.79 Å². The molecule has 0 aliphatic rings. The van der Waals surface area contributed by atoms with Crippen molar-refractivity contribution in [2.75, 3.05) is 0 Å². The summed E-state index contributed by atoms with van der Waals surface area (Å²) in [6.07, 6.45) is 0. The lowest BCUT2D eigenvalue weighted by Crippen LogP contribution is -2.20. The summed E-state index contributed by atoms with van der Waals surface area (Å²) in [5, 5.41) is 9.17. The predicted molar refractivity (Wildman–Crippen MR) is 58.9 cm³/mol. The maximum Gasteiger partial charge on any atom is 0.270 e. The van der Waals surface area contributed by atoms with Crippen LogP contribution in [0.3, 0.4) is 0 Å². The van der Waals surface area contributed by atoms with Gasteiger partial charge in [-0.2, -0.15) is 5.26 Å². The third-order valence-electron chi connectivity index (χ3n) is 2.41. The standard InChI is InChI=1S/C11H6ClFN2O/c1-15-9-3-2-6(13)4-7(9)10(12)8(5-14)11(15)16/h2-4H,1H3. The second kappa shape index (κ2) is 3.62. The first kappa shape index (κ1) is 10.7. The highest BCUT2D eigenvalue weighted by Gasteiger charge is 2.13. The lowest BCUT2D eigenvalue weighted by Gasteiger charge is -2.07. The number of aromatic nitrogens is 1. The molecule has 1 aromatic carbocycles. The smallest absolute Gasteiger partial charge is 0.270 e. The zero-order valence-electron chi connectivity index (χ0n) is 8.29. The molecule has 2 rings (SSSR count). The van der Waals surface area contributed by atoms with E-state index in [1.165, 1.54) is 29.8 Å². The van der Waals surface area contributed by atoms with Crippen molar-refractivity contribution >= 4 is 22.5 Å². The second-order valence-electron chi connectivity index (χ2n) is 3.33. The van der Waals surface area contributed by atoms with Crippen molar-refractivity contribution < 1.29 is 4.39 Å². The van der Waals surface area contributed by atoms with Gasteiger partial charge >= 0.3 is 0 Å². The first-order valence-electron chi connectivity index (χ1n) is 4.44. The van der Waals surface area contributed by atoms with Gasteiger partial charge in [0.05, 0.1) is 10.5 Å². The molecule has 3 nitrogen and oxygen atoms in total. The van der Waals surface area contributed by atoms with E-state index in [0.29, 0.717) is 10.9 Å². The van der Waals surface area contributed by atoms with Crippen LogP contribution in [-0.2, 0) is 7.05 Å². The molecular formula is C11H6ClFN2O. The summed E-state index contributed by atoms with van der Waals surface area (Å²) in [6.45, 7) is 0.